The molecule has 1 aliphatic heterocycles. The van der Waals surface area contributed by atoms with Crippen molar-refractivity contribution in [3.8, 4) is 0 Å². The van der Waals surface area contributed by atoms with Crippen molar-refractivity contribution < 1.29 is 0 Å². The Morgan fingerprint density at radius 3 is 2.10 bits per heavy atom. The van der Waals surface area contributed by atoms with Crippen molar-refractivity contribution in [3.05, 3.63) is 59.1 Å². The number of halogens is 1. The van der Waals surface area contributed by atoms with E-state index in [1.807, 2.05) is 30.7 Å². The van der Waals surface area contributed by atoms with Crippen LogP contribution in [0.5, 0.6) is 0 Å². The summed E-state index contributed by atoms with van der Waals surface area (Å²) in [6.45, 7) is 6.30. The maximum absolute atomic E-state index is 5.81. The van der Waals surface area contributed by atoms with Crippen LogP contribution in [0.3, 0.4) is 0 Å². The molecule has 0 bridgehead atoms. The fraction of sp³-hybridized carbons (Fsp3) is 0.375. The van der Waals surface area contributed by atoms with Crippen molar-refractivity contribution >= 4 is 11.6 Å². The Labute approximate surface area is 130 Å². The van der Waals surface area contributed by atoms with Gasteiger partial charge in [0.2, 0.25) is 0 Å². The molecule has 2 aromatic rings. The summed E-state index contributed by atoms with van der Waals surface area (Å²) in [4.78, 5) is 13.3. The van der Waals surface area contributed by atoms with Crippen LogP contribution in [-0.2, 0) is 13.1 Å². The Balaban J connectivity index is 1.47. The van der Waals surface area contributed by atoms with Gasteiger partial charge in [-0.2, -0.15) is 0 Å². The van der Waals surface area contributed by atoms with Gasteiger partial charge in [0.25, 0.3) is 0 Å². The molecule has 5 heteroatoms. The summed E-state index contributed by atoms with van der Waals surface area (Å²) in [5.74, 6) is 0. The second-order valence-corrected chi connectivity index (χ2v) is 5.79. The number of hydrogen-bond acceptors (Lipinski definition) is 4. The van der Waals surface area contributed by atoms with E-state index in [0.717, 1.165) is 39.3 Å². The lowest BCUT2D eigenvalue weighted by Gasteiger charge is -2.34. The summed E-state index contributed by atoms with van der Waals surface area (Å²) in [5, 5.41) is 0.556. The lowest BCUT2D eigenvalue weighted by atomic mass is 10.2. The van der Waals surface area contributed by atoms with E-state index in [2.05, 4.69) is 31.9 Å². The summed E-state index contributed by atoms with van der Waals surface area (Å²) in [6, 6.07) is 8.05. The van der Waals surface area contributed by atoms with Gasteiger partial charge in [0.1, 0.15) is 5.15 Å². The maximum atomic E-state index is 5.81. The van der Waals surface area contributed by atoms with Crippen molar-refractivity contribution in [1.82, 2.24) is 19.8 Å². The zero-order valence-corrected chi connectivity index (χ0v) is 12.7. The predicted octanol–water partition coefficient (Wildman–Crippen LogP) is 2.45. The molecular formula is C16H19ClN4. The molecule has 0 aliphatic carbocycles. The minimum atomic E-state index is 0.556. The van der Waals surface area contributed by atoms with E-state index in [-0.39, 0.29) is 0 Å². The van der Waals surface area contributed by atoms with Crippen molar-refractivity contribution in [2.75, 3.05) is 26.2 Å². The van der Waals surface area contributed by atoms with E-state index in [1.165, 1.54) is 11.1 Å². The monoisotopic (exact) mass is 302 g/mol. The van der Waals surface area contributed by atoms with Crippen molar-refractivity contribution in [2.45, 2.75) is 13.1 Å². The summed E-state index contributed by atoms with van der Waals surface area (Å²) in [5.41, 5.74) is 2.51. The molecule has 0 radical (unpaired) electrons. The Kier molecular flexibility index (Phi) is 4.80. The minimum Gasteiger partial charge on any atom is -0.296 e. The fourth-order valence-electron chi connectivity index (χ4n) is 2.61. The Morgan fingerprint density at radius 2 is 1.57 bits per heavy atom. The third kappa shape index (κ3) is 4.24. The predicted molar refractivity (Wildman–Crippen MR) is 84.0 cm³/mol. The van der Waals surface area contributed by atoms with Crippen LogP contribution in [0.15, 0.2) is 42.9 Å². The highest BCUT2D eigenvalue weighted by molar-refractivity contribution is 6.29. The van der Waals surface area contributed by atoms with Gasteiger partial charge in [-0.3, -0.25) is 14.8 Å². The Morgan fingerprint density at radius 1 is 0.905 bits per heavy atom. The smallest absolute Gasteiger partial charge is 0.129 e. The van der Waals surface area contributed by atoms with Gasteiger partial charge >= 0.3 is 0 Å². The molecule has 1 saturated heterocycles. The lowest BCUT2D eigenvalue weighted by molar-refractivity contribution is 0.122. The third-order valence-electron chi connectivity index (χ3n) is 3.79. The van der Waals surface area contributed by atoms with Gasteiger partial charge in [-0.25, -0.2) is 4.98 Å². The molecule has 0 spiro atoms. The van der Waals surface area contributed by atoms with Crippen LogP contribution in [0.2, 0.25) is 5.15 Å². The molecule has 2 aromatic heterocycles. The zero-order chi connectivity index (χ0) is 14.5. The number of rotatable bonds is 4. The molecule has 1 fully saturated rings. The molecule has 0 unspecified atom stereocenters. The van der Waals surface area contributed by atoms with Gasteiger partial charge in [0.15, 0.2) is 0 Å². The van der Waals surface area contributed by atoms with Gasteiger partial charge in [-0.05, 0) is 23.3 Å². The highest BCUT2D eigenvalue weighted by Gasteiger charge is 2.17. The van der Waals surface area contributed by atoms with Crippen molar-refractivity contribution in [2.24, 2.45) is 0 Å². The van der Waals surface area contributed by atoms with E-state index in [4.69, 9.17) is 11.6 Å². The van der Waals surface area contributed by atoms with Gasteiger partial charge < -0.3 is 0 Å². The van der Waals surface area contributed by atoms with Gasteiger partial charge in [-0.15, -0.1) is 0 Å². The molecule has 3 heterocycles. The van der Waals surface area contributed by atoms with Crippen LogP contribution in [-0.4, -0.2) is 45.9 Å². The zero-order valence-electron chi connectivity index (χ0n) is 12.0. The number of pyridine rings is 2. The fourth-order valence-corrected chi connectivity index (χ4v) is 2.73. The molecule has 0 aromatic carbocycles. The molecule has 0 saturated carbocycles. The highest BCUT2D eigenvalue weighted by Crippen LogP contribution is 2.12. The Hall–Kier alpha value is -1.49. The average molecular weight is 303 g/mol. The topological polar surface area (TPSA) is 32.3 Å². The molecular weight excluding hydrogens is 284 g/mol. The second kappa shape index (κ2) is 6.98. The summed E-state index contributed by atoms with van der Waals surface area (Å²) >= 11 is 5.81. The van der Waals surface area contributed by atoms with Crippen LogP contribution in [0.4, 0.5) is 0 Å². The van der Waals surface area contributed by atoms with Gasteiger partial charge in [0, 0.05) is 57.9 Å². The number of aromatic nitrogens is 2. The number of hydrogen-bond donors (Lipinski definition) is 0. The van der Waals surface area contributed by atoms with Crippen LogP contribution in [0.25, 0.3) is 0 Å². The summed E-state index contributed by atoms with van der Waals surface area (Å²) in [6.07, 6.45) is 5.64. The highest BCUT2D eigenvalue weighted by atomic mass is 35.5. The molecule has 110 valence electrons. The third-order valence-corrected chi connectivity index (χ3v) is 4.01. The molecule has 4 nitrogen and oxygen atoms in total. The van der Waals surface area contributed by atoms with E-state index in [9.17, 15) is 0 Å². The van der Waals surface area contributed by atoms with E-state index in [1.54, 1.807) is 0 Å². The van der Waals surface area contributed by atoms with Crippen LogP contribution >= 0.6 is 11.6 Å². The molecule has 3 rings (SSSR count). The van der Waals surface area contributed by atoms with Crippen LogP contribution in [0, 0.1) is 0 Å². The molecule has 1 aliphatic rings. The number of nitrogens with zero attached hydrogens (tertiary/aromatic N) is 4. The lowest BCUT2D eigenvalue weighted by Crippen LogP contribution is -2.45. The quantitative estimate of drug-likeness (QED) is 0.812. The largest absolute Gasteiger partial charge is 0.296 e. The van der Waals surface area contributed by atoms with Crippen molar-refractivity contribution in [1.29, 1.82) is 0 Å². The molecule has 0 amide bonds. The first kappa shape index (κ1) is 14.4. The Bertz CT molecular complexity index is 550. The maximum Gasteiger partial charge on any atom is 0.129 e. The first-order valence-electron chi connectivity index (χ1n) is 7.24. The summed E-state index contributed by atoms with van der Waals surface area (Å²) < 4.78 is 0. The van der Waals surface area contributed by atoms with Crippen molar-refractivity contribution in [3.63, 3.8) is 0 Å². The normalized spacial score (nSPS) is 17.0. The second-order valence-electron chi connectivity index (χ2n) is 5.40. The van der Waals surface area contributed by atoms with E-state index in [0.29, 0.717) is 5.15 Å². The van der Waals surface area contributed by atoms with E-state index >= 15 is 0 Å². The molecule has 21 heavy (non-hydrogen) atoms. The molecule has 0 N–H and O–H groups in total. The molecule has 0 atom stereocenters. The average Bonchev–Trinajstić information content (AvgIpc) is 2.53. The standard InChI is InChI=1S/C16H19ClN4/c17-16-4-3-15(11-19-16)13-21-8-6-20(7-9-21)12-14-2-1-5-18-10-14/h1-5,10-11H,6-9,12-13H2. The first-order chi connectivity index (χ1) is 10.3. The SMILES string of the molecule is Clc1ccc(CN2CCN(Cc3cccnc3)CC2)cn1. The van der Waals surface area contributed by atoms with Crippen LogP contribution < -0.4 is 0 Å². The van der Waals surface area contributed by atoms with Crippen LogP contribution in [0.1, 0.15) is 11.1 Å². The number of piperazine rings is 1. The van der Waals surface area contributed by atoms with Gasteiger partial charge in [0.05, 0.1) is 0 Å². The first-order valence-corrected chi connectivity index (χ1v) is 7.61. The van der Waals surface area contributed by atoms with Gasteiger partial charge in [-0.1, -0.05) is 23.7 Å². The minimum absolute atomic E-state index is 0.556. The van der Waals surface area contributed by atoms with E-state index < -0.39 is 0 Å². The summed E-state index contributed by atoms with van der Waals surface area (Å²) in [7, 11) is 0.